The topological polar surface area (TPSA) is 70.7 Å². The number of nitrogens with one attached hydrogen (secondary N) is 2. The van der Waals surface area contributed by atoms with Crippen molar-refractivity contribution in [2.75, 3.05) is 45.2 Å². The molecule has 1 heterocycles. The Labute approximate surface area is 143 Å². The second-order valence-corrected chi connectivity index (χ2v) is 5.98. The number of ether oxygens (including phenoxy) is 1. The van der Waals surface area contributed by atoms with Crippen molar-refractivity contribution in [3.05, 3.63) is 29.8 Å². The molecule has 1 saturated heterocycles. The van der Waals surface area contributed by atoms with Crippen LogP contribution >= 0.6 is 0 Å². The number of hydrogen-bond acceptors (Lipinski definition) is 4. The predicted octanol–water partition coefficient (Wildman–Crippen LogP) is 1.88. The van der Waals surface area contributed by atoms with Gasteiger partial charge in [0, 0.05) is 44.6 Å². The van der Waals surface area contributed by atoms with Crippen LogP contribution in [-0.2, 0) is 9.53 Å². The van der Waals surface area contributed by atoms with Crippen molar-refractivity contribution < 1.29 is 14.3 Å². The van der Waals surface area contributed by atoms with Crippen LogP contribution in [0.5, 0.6) is 0 Å². The van der Waals surface area contributed by atoms with E-state index in [1.807, 2.05) is 29.2 Å². The fourth-order valence-corrected chi connectivity index (χ4v) is 2.70. The molecule has 0 radical (unpaired) electrons. The van der Waals surface area contributed by atoms with Gasteiger partial charge in [-0.2, -0.15) is 0 Å². The molecular weight excluding hydrogens is 306 g/mol. The zero-order chi connectivity index (χ0) is 17.2. The van der Waals surface area contributed by atoms with Crippen molar-refractivity contribution in [1.29, 1.82) is 0 Å². The van der Waals surface area contributed by atoms with E-state index in [4.69, 9.17) is 4.74 Å². The molecule has 1 fully saturated rings. The lowest BCUT2D eigenvalue weighted by molar-refractivity contribution is -0.119. The van der Waals surface area contributed by atoms with E-state index in [0.717, 1.165) is 38.0 Å². The van der Waals surface area contributed by atoms with Gasteiger partial charge in [-0.1, -0.05) is 0 Å². The number of methoxy groups -OCH3 is 1. The van der Waals surface area contributed by atoms with Gasteiger partial charge in [0.25, 0.3) is 5.91 Å². The average Bonchev–Trinajstić information content (AvgIpc) is 2.64. The first-order valence-corrected chi connectivity index (χ1v) is 8.59. The number of carbonyl (C=O) groups excluding carboxylic acids is 2. The Hall–Kier alpha value is -2.08. The SMILES string of the molecule is COCCCNC(=O)CNc1ccc(C(=O)N2CCCCC2)cc1. The maximum atomic E-state index is 12.4. The summed E-state index contributed by atoms with van der Waals surface area (Å²) in [5, 5.41) is 5.88. The van der Waals surface area contributed by atoms with Gasteiger partial charge in [-0.25, -0.2) is 0 Å². The van der Waals surface area contributed by atoms with Crippen molar-refractivity contribution in [1.82, 2.24) is 10.2 Å². The van der Waals surface area contributed by atoms with Crippen molar-refractivity contribution in [3.8, 4) is 0 Å². The van der Waals surface area contributed by atoms with Crippen molar-refractivity contribution in [2.24, 2.45) is 0 Å². The molecule has 1 aliphatic heterocycles. The van der Waals surface area contributed by atoms with Crippen LogP contribution in [0.1, 0.15) is 36.0 Å². The summed E-state index contributed by atoms with van der Waals surface area (Å²) in [6.07, 6.45) is 4.19. The Morgan fingerprint density at radius 3 is 2.50 bits per heavy atom. The molecule has 0 aromatic heterocycles. The molecule has 6 heteroatoms. The summed E-state index contributed by atoms with van der Waals surface area (Å²) >= 11 is 0. The lowest BCUT2D eigenvalue weighted by Crippen LogP contribution is -2.35. The largest absolute Gasteiger partial charge is 0.385 e. The Morgan fingerprint density at radius 1 is 1.12 bits per heavy atom. The van der Waals surface area contributed by atoms with Crippen LogP contribution < -0.4 is 10.6 Å². The molecule has 2 amide bonds. The van der Waals surface area contributed by atoms with E-state index in [9.17, 15) is 9.59 Å². The summed E-state index contributed by atoms with van der Waals surface area (Å²) in [6, 6.07) is 7.32. The lowest BCUT2D eigenvalue weighted by atomic mass is 10.1. The van der Waals surface area contributed by atoms with Gasteiger partial charge >= 0.3 is 0 Å². The smallest absolute Gasteiger partial charge is 0.253 e. The number of nitrogens with zero attached hydrogens (tertiary/aromatic N) is 1. The molecule has 0 unspecified atom stereocenters. The molecule has 0 saturated carbocycles. The van der Waals surface area contributed by atoms with E-state index in [1.165, 1.54) is 6.42 Å². The highest BCUT2D eigenvalue weighted by atomic mass is 16.5. The highest BCUT2D eigenvalue weighted by Gasteiger charge is 2.17. The van der Waals surface area contributed by atoms with Crippen LogP contribution in [0.15, 0.2) is 24.3 Å². The van der Waals surface area contributed by atoms with Gasteiger partial charge in [0.1, 0.15) is 0 Å². The summed E-state index contributed by atoms with van der Waals surface area (Å²) in [5.41, 5.74) is 1.53. The third-order valence-electron chi connectivity index (χ3n) is 4.08. The third kappa shape index (κ3) is 5.85. The van der Waals surface area contributed by atoms with Gasteiger partial charge in [-0.3, -0.25) is 9.59 Å². The number of anilines is 1. The third-order valence-corrected chi connectivity index (χ3v) is 4.08. The van der Waals surface area contributed by atoms with E-state index in [1.54, 1.807) is 7.11 Å². The minimum absolute atomic E-state index is 0.0560. The molecule has 1 aliphatic rings. The quantitative estimate of drug-likeness (QED) is 0.713. The second-order valence-electron chi connectivity index (χ2n) is 5.98. The minimum atomic E-state index is -0.0560. The van der Waals surface area contributed by atoms with E-state index >= 15 is 0 Å². The number of amides is 2. The van der Waals surface area contributed by atoms with Gasteiger partial charge < -0.3 is 20.3 Å². The maximum absolute atomic E-state index is 12.4. The van der Waals surface area contributed by atoms with Gasteiger partial charge in [0.2, 0.25) is 5.91 Å². The first-order valence-electron chi connectivity index (χ1n) is 8.59. The summed E-state index contributed by atoms with van der Waals surface area (Å²) in [7, 11) is 1.64. The van der Waals surface area contributed by atoms with E-state index in [2.05, 4.69) is 10.6 Å². The van der Waals surface area contributed by atoms with Crippen LogP contribution in [-0.4, -0.2) is 56.6 Å². The number of benzene rings is 1. The predicted molar refractivity (Wildman–Crippen MR) is 94.2 cm³/mol. The summed E-state index contributed by atoms with van der Waals surface area (Å²) in [5.74, 6) is 0.0386. The van der Waals surface area contributed by atoms with Gasteiger partial charge in [0.05, 0.1) is 6.54 Å². The van der Waals surface area contributed by atoms with Crippen LogP contribution in [0, 0.1) is 0 Å². The molecule has 2 N–H and O–H groups in total. The highest BCUT2D eigenvalue weighted by Crippen LogP contribution is 2.15. The molecule has 0 bridgehead atoms. The number of hydrogen-bond donors (Lipinski definition) is 2. The molecule has 1 aromatic carbocycles. The van der Waals surface area contributed by atoms with Crippen LogP contribution in [0.4, 0.5) is 5.69 Å². The van der Waals surface area contributed by atoms with Gasteiger partial charge in [0.15, 0.2) is 0 Å². The summed E-state index contributed by atoms with van der Waals surface area (Å²) in [6.45, 7) is 3.16. The van der Waals surface area contributed by atoms with E-state index < -0.39 is 0 Å². The normalized spacial score (nSPS) is 14.3. The maximum Gasteiger partial charge on any atom is 0.253 e. The fourth-order valence-electron chi connectivity index (χ4n) is 2.70. The van der Waals surface area contributed by atoms with Crippen LogP contribution in [0.25, 0.3) is 0 Å². The molecule has 1 aromatic rings. The molecular formula is C18H27N3O3. The Bertz CT molecular complexity index is 525. The standard InChI is InChI=1S/C18H27N3O3/c1-24-13-5-10-19-17(22)14-20-16-8-6-15(7-9-16)18(23)21-11-3-2-4-12-21/h6-9,20H,2-5,10-14H2,1H3,(H,19,22). The van der Waals surface area contributed by atoms with Crippen molar-refractivity contribution in [2.45, 2.75) is 25.7 Å². The molecule has 132 valence electrons. The number of likely N-dealkylation sites (tertiary alicyclic amines) is 1. The van der Waals surface area contributed by atoms with Gasteiger partial charge in [-0.05, 0) is 49.9 Å². The lowest BCUT2D eigenvalue weighted by Gasteiger charge is -2.26. The Morgan fingerprint density at radius 2 is 1.83 bits per heavy atom. The number of piperidine rings is 1. The molecule has 0 spiro atoms. The molecule has 2 rings (SSSR count). The summed E-state index contributed by atoms with van der Waals surface area (Å²) in [4.78, 5) is 26.0. The van der Waals surface area contributed by atoms with Crippen LogP contribution in [0.3, 0.4) is 0 Å². The zero-order valence-corrected chi connectivity index (χ0v) is 14.3. The average molecular weight is 333 g/mol. The zero-order valence-electron chi connectivity index (χ0n) is 14.3. The fraction of sp³-hybridized carbons (Fsp3) is 0.556. The first-order chi connectivity index (χ1) is 11.7. The molecule has 24 heavy (non-hydrogen) atoms. The molecule has 6 nitrogen and oxygen atoms in total. The van der Waals surface area contributed by atoms with Gasteiger partial charge in [-0.15, -0.1) is 0 Å². The van der Waals surface area contributed by atoms with Crippen molar-refractivity contribution in [3.63, 3.8) is 0 Å². The van der Waals surface area contributed by atoms with Crippen LogP contribution in [0.2, 0.25) is 0 Å². The second kappa shape index (κ2) is 9.93. The van der Waals surface area contributed by atoms with Crippen molar-refractivity contribution >= 4 is 17.5 Å². The monoisotopic (exact) mass is 333 g/mol. The Balaban J connectivity index is 1.75. The van der Waals surface area contributed by atoms with E-state index in [0.29, 0.717) is 18.7 Å². The molecule has 0 aliphatic carbocycles. The number of carbonyl (C=O) groups is 2. The van der Waals surface area contributed by atoms with E-state index in [-0.39, 0.29) is 18.4 Å². The first kappa shape index (κ1) is 18.3. The highest BCUT2D eigenvalue weighted by molar-refractivity contribution is 5.94. The number of rotatable bonds is 8. The summed E-state index contributed by atoms with van der Waals surface area (Å²) < 4.78 is 4.93. The minimum Gasteiger partial charge on any atom is -0.385 e. The Kier molecular flexibility index (Phi) is 7.55. The molecule has 0 atom stereocenters.